The van der Waals surface area contributed by atoms with Gasteiger partial charge < -0.3 is 5.11 Å². The third kappa shape index (κ3) is 5.76. The molecule has 0 aliphatic carbocycles. The number of benzene rings is 1. The zero-order valence-corrected chi connectivity index (χ0v) is 12.5. The zero-order chi connectivity index (χ0) is 13.7. The molecule has 0 spiro atoms. The first-order valence-corrected chi connectivity index (χ1v) is 6.50. The minimum Gasteiger partial charge on any atom is -0.508 e. The van der Waals surface area contributed by atoms with E-state index in [1.807, 2.05) is 26.0 Å². The molecule has 1 nitrogen and oxygen atoms in total. The summed E-state index contributed by atoms with van der Waals surface area (Å²) in [5.74, 6) is 0.338. The molecule has 0 saturated heterocycles. The van der Waals surface area contributed by atoms with Crippen molar-refractivity contribution in [2.45, 2.75) is 60.3 Å². The Kier molecular flexibility index (Phi) is 5.74. The Labute approximate surface area is 107 Å². The fourth-order valence-corrected chi connectivity index (χ4v) is 2.34. The molecule has 1 heteroatoms. The Morgan fingerprint density at radius 3 is 1.65 bits per heavy atom. The lowest BCUT2D eigenvalue weighted by atomic mass is 9.72. The van der Waals surface area contributed by atoms with Gasteiger partial charge in [0.2, 0.25) is 0 Å². The highest BCUT2D eigenvalue weighted by Gasteiger charge is 2.26. The van der Waals surface area contributed by atoms with Crippen LogP contribution in [0.25, 0.3) is 0 Å². The van der Waals surface area contributed by atoms with E-state index in [4.69, 9.17) is 0 Å². The number of phenols is 1. The van der Waals surface area contributed by atoms with Crippen LogP contribution < -0.4 is 0 Å². The minimum atomic E-state index is 0.159. The van der Waals surface area contributed by atoms with Gasteiger partial charge in [-0.15, -0.1) is 0 Å². The Morgan fingerprint density at radius 1 is 0.882 bits per heavy atom. The van der Waals surface area contributed by atoms with Crippen molar-refractivity contribution in [3.05, 3.63) is 29.8 Å². The smallest absolute Gasteiger partial charge is 0.115 e. The first-order valence-electron chi connectivity index (χ1n) is 6.50. The fraction of sp³-hybridized carbons (Fsp3) is 0.625. The van der Waals surface area contributed by atoms with E-state index in [1.165, 1.54) is 5.56 Å². The Balaban J connectivity index is 0.00000121. The van der Waals surface area contributed by atoms with Gasteiger partial charge >= 0.3 is 0 Å². The van der Waals surface area contributed by atoms with Crippen LogP contribution in [0.4, 0.5) is 0 Å². The van der Waals surface area contributed by atoms with E-state index in [0.29, 0.717) is 11.2 Å². The largest absolute Gasteiger partial charge is 0.508 e. The van der Waals surface area contributed by atoms with Crippen molar-refractivity contribution in [3.63, 3.8) is 0 Å². The Hall–Kier alpha value is -0.980. The van der Waals surface area contributed by atoms with Gasteiger partial charge in [0.25, 0.3) is 0 Å². The standard InChI is InChI=1S/C14H22O.C2H6/c1-13(2,3)10-14(4,5)11-6-8-12(15)9-7-11;1-2/h6-9,15H,10H2,1-5H3;1-2H3. The van der Waals surface area contributed by atoms with Crippen LogP contribution in [0, 0.1) is 5.41 Å². The molecule has 0 saturated carbocycles. The van der Waals surface area contributed by atoms with Gasteiger partial charge in [-0.1, -0.05) is 60.6 Å². The van der Waals surface area contributed by atoms with E-state index >= 15 is 0 Å². The van der Waals surface area contributed by atoms with Crippen LogP contribution in [0.5, 0.6) is 5.75 Å². The summed E-state index contributed by atoms with van der Waals surface area (Å²) in [6.07, 6.45) is 1.13. The second-order valence-corrected chi connectivity index (χ2v) is 6.17. The van der Waals surface area contributed by atoms with Crippen molar-refractivity contribution >= 4 is 0 Å². The molecule has 0 bridgehead atoms. The molecule has 0 fully saturated rings. The summed E-state index contributed by atoms with van der Waals surface area (Å²) < 4.78 is 0. The summed E-state index contributed by atoms with van der Waals surface area (Å²) in [6.45, 7) is 15.3. The lowest BCUT2D eigenvalue weighted by Crippen LogP contribution is -2.24. The van der Waals surface area contributed by atoms with Gasteiger partial charge in [-0.05, 0) is 34.9 Å². The predicted molar refractivity (Wildman–Crippen MR) is 76.6 cm³/mol. The van der Waals surface area contributed by atoms with Crippen LogP contribution in [0.3, 0.4) is 0 Å². The fourth-order valence-electron chi connectivity index (χ4n) is 2.34. The van der Waals surface area contributed by atoms with Crippen LogP contribution in [0.2, 0.25) is 0 Å². The second-order valence-electron chi connectivity index (χ2n) is 6.17. The van der Waals surface area contributed by atoms with Crippen molar-refractivity contribution in [3.8, 4) is 5.75 Å². The van der Waals surface area contributed by atoms with Gasteiger partial charge in [-0.3, -0.25) is 0 Å². The molecular formula is C16H28O. The third-order valence-corrected chi connectivity index (χ3v) is 2.62. The molecule has 0 heterocycles. The quantitative estimate of drug-likeness (QED) is 0.754. The maximum absolute atomic E-state index is 9.25. The minimum absolute atomic E-state index is 0.159. The number of hydrogen-bond acceptors (Lipinski definition) is 1. The molecule has 0 unspecified atom stereocenters. The third-order valence-electron chi connectivity index (χ3n) is 2.62. The average molecular weight is 236 g/mol. The number of aromatic hydroxyl groups is 1. The van der Waals surface area contributed by atoms with Crippen LogP contribution in [0.1, 0.15) is 60.5 Å². The first kappa shape index (κ1) is 16.0. The number of hydrogen-bond donors (Lipinski definition) is 1. The summed E-state index contributed by atoms with van der Waals surface area (Å²) in [5.41, 5.74) is 1.77. The highest BCUT2D eigenvalue weighted by molar-refractivity contribution is 5.30. The van der Waals surface area contributed by atoms with E-state index in [0.717, 1.165) is 6.42 Å². The van der Waals surface area contributed by atoms with Crippen molar-refractivity contribution in [2.24, 2.45) is 5.41 Å². The van der Waals surface area contributed by atoms with Crippen LogP contribution in [-0.4, -0.2) is 5.11 Å². The molecule has 1 rings (SSSR count). The Bertz CT molecular complexity index is 314. The molecule has 1 aromatic carbocycles. The molecule has 0 aromatic heterocycles. The highest BCUT2D eigenvalue weighted by Crippen LogP contribution is 2.36. The van der Waals surface area contributed by atoms with Crippen LogP contribution in [-0.2, 0) is 5.41 Å². The molecule has 1 aromatic rings. The van der Waals surface area contributed by atoms with Gasteiger partial charge in [0.15, 0.2) is 0 Å². The molecule has 0 radical (unpaired) electrons. The molecule has 0 aliphatic heterocycles. The normalized spacial score (nSPS) is 11.7. The summed E-state index contributed by atoms with van der Waals surface area (Å²) in [5, 5.41) is 9.25. The monoisotopic (exact) mass is 236 g/mol. The van der Waals surface area contributed by atoms with E-state index in [9.17, 15) is 5.11 Å². The summed E-state index contributed by atoms with van der Waals surface area (Å²) >= 11 is 0. The predicted octanol–water partition coefficient (Wildman–Crippen LogP) is 5.13. The maximum Gasteiger partial charge on any atom is 0.115 e. The van der Waals surface area contributed by atoms with Crippen LogP contribution >= 0.6 is 0 Å². The SMILES string of the molecule is CC.CC(C)(C)CC(C)(C)c1ccc(O)cc1. The lowest BCUT2D eigenvalue weighted by molar-refractivity contribution is 0.284. The number of rotatable bonds is 2. The maximum atomic E-state index is 9.25. The summed E-state index contributed by atoms with van der Waals surface area (Å²) in [4.78, 5) is 0. The lowest BCUT2D eigenvalue weighted by Gasteiger charge is -2.33. The van der Waals surface area contributed by atoms with Gasteiger partial charge in [-0.25, -0.2) is 0 Å². The van der Waals surface area contributed by atoms with E-state index in [1.54, 1.807) is 12.1 Å². The topological polar surface area (TPSA) is 20.2 Å². The molecule has 0 atom stereocenters. The van der Waals surface area contributed by atoms with E-state index in [-0.39, 0.29) is 5.41 Å². The highest BCUT2D eigenvalue weighted by atomic mass is 16.3. The van der Waals surface area contributed by atoms with Crippen molar-refractivity contribution in [1.82, 2.24) is 0 Å². The summed E-state index contributed by atoms with van der Waals surface area (Å²) in [7, 11) is 0. The van der Waals surface area contributed by atoms with Crippen molar-refractivity contribution in [2.75, 3.05) is 0 Å². The van der Waals surface area contributed by atoms with Gasteiger partial charge in [0.05, 0.1) is 0 Å². The molecular weight excluding hydrogens is 208 g/mol. The molecule has 17 heavy (non-hydrogen) atoms. The molecule has 0 aliphatic rings. The molecule has 98 valence electrons. The van der Waals surface area contributed by atoms with Gasteiger partial charge in [0.1, 0.15) is 5.75 Å². The first-order chi connectivity index (χ1) is 7.71. The second kappa shape index (κ2) is 6.09. The number of phenolic OH excluding ortho intramolecular Hbond substituents is 1. The van der Waals surface area contributed by atoms with Crippen LogP contribution in [0.15, 0.2) is 24.3 Å². The van der Waals surface area contributed by atoms with Gasteiger partial charge in [-0.2, -0.15) is 0 Å². The van der Waals surface area contributed by atoms with Crippen molar-refractivity contribution < 1.29 is 5.11 Å². The van der Waals surface area contributed by atoms with E-state index < -0.39 is 0 Å². The van der Waals surface area contributed by atoms with E-state index in [2.05, 4.69) is 34.6 Å². The average Bonchev–Trinajstić information content (AvgIpc) is 2.18. The van der Waals surface area contributed by atoms with Crippen molar-refractivity contribution in [1.29, 1.82) is 0 Å². The molecule has 0 amide bonds. The summed E-state index contributed by atoms with van der Waals surface area (Å²) in [6, 6.07) is 7.56. The van der Waals surface area contributed by atoms with Gasteiger partial charge in [0, 0.05) is 0 Å². The zero-order valence-electron chi connectivity index (χ0n) is 12.5. The Morgan fingerprint density at radius 2 is 1.29 bits per heavy atom. The molecule has 1 N–H and O–H groups in total.